The minimum atomic E-state index is -4.50. The molecule has 0 unspecified atom stereocenters. The highest BCUT2D eigenvalue weighted by Crippen LogP contribution is 2.28. The summed E-state index contributed by atoms with van der Waals surface area (Å²) in [5.74, 6) is 0.00951. The molecule has 0 saturated carbocycles. The van der Waals surface area contributed by atoms with Gasteiger partial charge in [0, 0.05) is 58.1 Å². The molecule has 0 spiro atoms. The Morgan fingerprint density at radius 1 is 1.16 bits per heavy atom. The van der Waals surface area contributed by atoms with Crippen LogP contribution in [0.1, 0.15) is 39.7 Å². The number of nitrogens with zero attached hydrogens (tertiary/aromatic N) is 5. The van der Waals surface area contributed by atoms with Crippen LogP contribution in [0.4, 0.5) is 23.9 Å². The molecule has 0 aliphatic carbocycles. The number of hydrogen-bond acceptors (Lipinski definition) is 7. The number of amides is 2. The number of rotatable bonds is 6. The maximum absolute atomic E-state index is 12.6. The average Bonchev–Trinajstić information content (AvgIpc) is 2.69. The average molecular weight is 461 g/mol. The molecule has 1 fully saturated rings. The van der Waals surface area contributed by atoms with Gasteiger partial charge in [-0.15, -0.1) is 0 Å². The zero-order valence-electron chi connectivity index (χ0n) is 18.7. The molecule has 1 aromatic heterocycles. The second-order valence-electron chi connectivity index (χ2n) is 8.66. The Morgan fingerprint density at radius 2 is 1.72 bits per heavy atom. The molecular weight excluding hydrogens is 431 g/mol. The highest BCUT2D eigenvalue weighted by Gasteiger charge is 2.32. The summed E-state index contributed by atoms with van der Waals surface area (Å²) in [6.45, 7) is 8.34. The summed E-state index contributed by atoms with van der Waals surface area (Å²) in [5, 5.41) is 9.66. The number of aromatic nitrogens is 2. The number of aliphatic hydroxyl groups is 1. The summed E-state index contributed by atoms with van der Waals surface area (Å²) in [6, 6.07) is 0. The molecule has 1 atom stereocenters. The minimum absolute atomic E-state index is 0.0429. The van der Waals surface area contributed by atoms with Crippen molar-refractivity contribution < 1.29 is 32.6 Å². The second kappa shape index (κ2) is 10.3. The largest absolute Gasteiger partial charge is 0.444 e. The van der Waals surface area contributed by atoms with Gasteiger partial charge in [-0.25, -0.2) is 14.8 Å². The normalized spacial score (nSPS) is 16.0. The molecule has 0 aromatic carbocycles. The van der Waals surface area contributed by atoms with Crippen LogP contribution in [0.25, 0.3) is 0 Å². The topological polar surface area (TPSA) is 99.1 Å². The first kappa shape index (κ1) is 25.6. The van der Waals surface area contributed by atoms with Crippen LogP contribution >= 0.6 is 0 Å². The van der Waals surface area contributed by atoms with E-state index in [4.69, 9.17) is 4.74 Å². The van der Waals surface area contributed by atoms with E-state index in [1.54, 1.807) is 37.5 Å². The Hall–Kier alpha value is -2.63. The van der Waals surface area contributed by atoms with Gasteiger partial charge in [-0.2, -0.15) is 13.2 Å². The first-order chi connectivity index (χ1) is 14.8. The predicted molar refractivity (Wildman–Crippen MR) is 110 cm³/mol. The molecular formula is C20H30F3N5O4. The van der Waals surface area contributed by atoms with Crippen LogP contribution in [0.3, 0.4) is 0 Å². The molecule has 1 aliphatic heterocycles. The van der Waals surface area contributed by atoms with Crippen LogP contribution in [0.2, 0.25) is 0 Å². The molecule has 1 saturated heterocycles. The first-order valence-corrected chi connectivity index (χ1v) is 10.3. The zero-order chi connectivity index (χ0) is 24.1. The van der Waals surface area contributed by atoms with Gasteiger partial charge in [-0.05, 0) is 27.7 Å². The molecule has 9 nitrogen and oxygen atoms in total. The lowest BCUT2D eigenvalue weighted by atomic mass is 10.2. The molecule has 0 bridgehead atoms. The van der Waals surface area contributed by atoms with Gasteiger partial charge in [0.05, 0.1) is 11.7 Å². The quantitative estimate of drug-likeness (QED) is 0.693. The highest BCUT2D eigenvalue weighted by atomic mass is 19.4. The van der Waals surface area contributed by atoms with Gasteiger partial charge >= 0.3 is 12.3 Å². The van der Waals surface area contributed by atoms with Crippen molar-refractivity contribution in [2.75, 3.05) is 44.2 Å². The number of carbonyl (C=O) groups excluding carboxylic acids is 2. The summed E-state index contributed by atoms with van der Waals surface area (Å²) in [5.41, 5.74) is -1.61. The van der Waals surface area contributed by atoms with E-state index in [1.807, 2.05) is 0 Å². The van der Waals surface area contributed by atoms with Crippen LogP contribution in [-0.2, 0) is 15.7 Å². The number of alkyl halides is 3. The van der Waals surface area contributed by atoms with Crippen molar-refractivity contribution in [1.29, 1.82) is 0 Å². The van der Waals surface area contributed by atoms with Gasteiger partial charge in [0.2, 0.25) is 11.9 Å². The lowest BCUT2D eigenvalue weighted by Gasteiger charge is -2.35. The Kier molecular flexibility index (Phi) is 8.27. The number of carbonyl (C=O) groups is 2. The Bertz CT molecular complexity index is 773. The summed E-state index contributed by atoms with van der Waals surface area (Å²) >= 11 is 0. The molecule has 2 rings (SSSR count). The third kappa shape index (κ3) is 7.81. The van der Waals surface area contributed by atoms with E-state index in [0.717, 1.165) is 12.4 Å². The number of piperazine rings is 1. The molecule has 1 N–H and O–H groups in total. The highest BCUT2D eigenvalue weighted by molar-refractivity contribution is 5.77. The van der Waals surface area contributed by atoms with Crippen LogP contribution in [0.5, 0.6) is 0 Å². The van der Waals surface area contributed by atoms with Crippen molar-refractivity contribution in [1.82, 2.24) is 19.8 Å². The molecule has 180 valence electrons. The van der Waals surface area contributed by atoms with Crippen molar-refractivity contribution in [2.24, 2.45) is 0 Å². The Balaban J connectivity index is 1.87. The maximum atomic E-state index is 12.6. The van der Waals surface area contributed by atoms with Gasteiger partial charge in [0.15, 0.2) is 0 Å². The number of halogens is 3. The molecule has 1 aliphatic rings. The summed E-state index contributed by atoms with van der Waals surface area (Å²) in [7, 11) is 0. The predicted octanol–water partition coefficient (Wildman–Crippen LogP) is 2.15. The van der Waals surface area contributed by atoms with Crippen molar-refractivity contribution in [3.05, 3.63) is 18.0 Å². The fraction of sp³-hybridized carbons (Fsp3) is 0.700. The van der Waals surface area contributed by atoms with Gasteiger partial charge in [-0.3, -0.25) is 4.79 Å². The number of anilines is 1. The van der Waals surface area contributed by atoms with E-state index >= 15 is 0 Å². The first-order valence-electron chi connectivity index (χ1n) is 10.3. The van der Waals surface area contributed by atoms with Crippen LogP contribution < -0.4 is 4.90 Å². The Morgan fingerprint density at radius 3 is 2.19 bits per heavy atom. The van der Waals surface area contributed by atoms with E-state index in [9.17, 15) is 27.9 Å². The van der Waals surface area contributed by atoms with Crippen molar-refractivity contribution in [2.45, 2.75) is 52.0 Å². The fourth-order valence-electron chi connectivity index (χ4n) is 3.08. The molecule has 1 aromatic rings. The zero-order valence-corrected chi connectivity index (χ0v) is 18.7. The molecule has 2 amide bonds. The van der Waals surface area contributed by atoms with E-state index in [-0.39, 0.29) is 31.4 Å². The molecule has 32 heavy (non-hydrogen) atoms. The van der Waals surface area contributed by atoms with Crippen molar-refractivity contribution in [3.8, 4) is 0 Å². The van der Waals surface area contributed by atoms with E-state index in [2.05, 4.69) is 9.97 Å². The third-order valence-electron chi connectivity index (χ3n) is 4.61. The lowest BCUT2D eigenvalue weighted by molar-refractivity contribution is -0.138. The van der Waals surface area contributed by atoms with Crippen molar-refractivity contribution in [3.63, 3.8) is 0 Å². The van der Waals surface area contributed by atoms with E-state index < -0.39 is 29.5 Å². The summed E-state index contributed by atoms with van der Waals surface area (Å²) < 4.78 is 43.3. The van der Waals surface area contributed by atoms with E-state index in [1.165, 1.54) is 4.90 Å². The summed E-state index contributed by atoms with van der Waals surface area (Å²) in [4.78, 5) is 37.2. The smallest absolute Gasteiger partial charge is 0.419 e. The standard InChI is InChI=1S/C20H30F3N5O4/c1-14(29)13-28(18(31)32-19(2,3)4)6-5-16(30)26-7-9-27(10-8-26)17-24-11-15(12-25-17)20(21,22)23/h11-12,14,29H,5-10,13H2,1-4H3/t14-/m0/s1. The van der Waals surface area contributed by atoms with Crippen LogP contribution in [0.15, 0.2) is 12.4 Å². The SMILES string of the molecule is C[C@H](O)CN(CCC(=O)N1CCN(c2ncc(C(F)(F)F)cn2)CC1)C(=O)OC(C)(C)C. The molecule has 2 heterocycles. The number of ether oxygens (including phenoxy) is 1. The number of aliphatic hydroxyl groups excluding tert-OH is 1. The van der Waals surface area contributed by atoms with Gasteiger partial charge in [0.25, 0.3) is 0 Å². The fourth-order valence-corrected chi connectivity index (χ4v) is 3.08. The van der Waals surface area contributed by atoms with Crippen molar-refractivity contribution >= 4 is 17.9 Å². The van der Waals surface area contributed by atoms with E-state index in [0.29, 0.717) is 26.2 Å². The third-order valence-corrected chi connectivity index (χ3v) is 4.61. The summed E-state index contributed by atoms with van der Waals surface area (Å²) in [6.07, 6.45) is -4.33. The van der Waals surface area contributed by atoms with Gasteiger partial charge < -0.3 is 24.5 Å². The van der Waals surface area contributed by atoms with Crippen LogP contribution in [-0.4, -0.2) is 87.8 Å². The van der Waals surface area contributed by atoms with Crippen LogP contribution in [0, 0.1) is 0 Å². The van der Waals surface area contributed by atoms with Gasteiger partial charge in [-0.1, -0.05) is 0 Å². The lowest BCUT2D eigenvalue weighted by Crippen LogP contribution is -2.50. The second-order valence-corrected chi connectivity index (χ2v) is 8.66. The Labute approximate surface area is 185 Å². The minimum Gasteiger partial charge on any atom is -0.444 e. The monoisotopic (exact) mass is 461 g/mol. The van der Waals surface area contributed by atoms with Gasteiger partial charge in [0.1, 0.15) is 5.60 Å². The molecule has 0 radical (unpaired) electrons. The maximum Gasteiger partial charge on any atom is 0.419 e. The number of hydrogen-bond donors (Lipinski definition) is 1. The molecule has 12 heteroatoms.